The number of hydrogen-bond donors (Lipinski definition) is 0. The zero-order valence-corrected chi connectivity index (χ0v) is 12.6. The van der Waals surface area contributed by atoms with Crippen molar-refractivity contribution in [3.63, 3.8) is 0 Å². The molecule has 1 aliphatic heterocycles. The van der Waals surface area contributed by atoms with E-state index >= 15 is 0 Å². The van der Waals surface area contributed by atoms with Gasteiger partial charge in [0.25, 0.3) is 0 Å². The Morgan fingerprint density at radius 3 is 2.83 bits per heavy atom. The number of halogens is 2. The molecule has 2 rings (SSSR count). The number of nitrogens with zero attached hydrogens (tertiary/aromatic N) is 2. The van der Waals surface area contributed by atoms with Crippen molar-refractivity contribution < 1.29 is 4.39 Å². The molecule has 0 radical (unpaired) electrons. The van der Waals surface area contributed by atoms with Crippen molar-refractivity contribution in [2.45, 2.75) is 25.9 Å². The van der Waals surface area contributed by atoms with E-state index in [1.54, 1.807) is 0 Å². The molecule has 0 N–H and O–H groups in total. The van der Waals surface area contributed by atoms with Gasteiger partial charge in [0, 0.05) is 32.2 Å². The summed E-state index contributed by atoms with van der Waals surface area (Å²) in [5, 5.41) is 0. The molecule has 1 aromatic carbocycles. The first-order valence-corrected chi connectivity index (χ1v) is 7.26. The highest BCUT2D eigenvalue weighted by Gasteiger charge is 2.22. The molecular weight excluding hydrogens is 295 g/mol. The maximum Gasteiger partial charge on any atom is 0.137 e. The molecule has 1 aliphatic rings. The van der Waals surface area contributed by atoms with Gasteiger partial charge in [-0.15, -0.1) is 0 Å². The predicted octanol–water partition coefficient (Wildman–Crippen LogP) is 3.11. The minimum Gasteiger partial charge on any atom is -0.301 e. The summed E-state index contributed by atoms with van der Waals surface area (Å²) >= 11 is 3.24. The summed E-state index contributed by atoms with van der Waals surface area (Å²) in [4.78, 5) is 4.88. The fraction of sp³-hybridized carbons (Fsp3) is 0.571. The maximum absolute atomic E-state index is 13.2. The van der Waals surface area contributed by atoms with Gasteiger partial charge in [0.2, 0.25) is 0 Å². The molecule has 1 fully saturated rings. The predicted molar refractivity (Wildman–Crippen MR) is 76.1 cm³/mol. The van der Waals surface area contributed by atoms with Crippen LogP contribution in [0.1, 0.15) is 18.9 Å². The van der Waals surface area contributed by atoms with Crippen LogP contribution in [-0.4, -0.2) is 42.5 Å². The van der Waals surface area contributed by atoms with Crippen LogP contribution in [0.4, 0.5) is 4.39 Å². The van der Waals surface area contributed by atoms with Gasteiger partial charge in [-0.25, -0.2) is 4.39 Å². The summed E-state index contributed by atoms with van der Waals surface area (Å²) in [6, 6.07) is 5.93. The first-order valence-electron chi connectivity index (χ1n) is 6.46. The molecule has 2 nitrogen and oxygen atoms in total. The van der Waals surface area contributed by atoms with Gasteiger partial charge in [0.15, 0.2) is 0 Å². The monoisotopic (exact) mass is 314 g/mol. The van der Waals surface area contributed by atoms with Gasteiger partial charge in [0.1, 0.15) is 5.82 Å². The Morgan fingerprint density at radius 2 is 2.17 bits per heavy atom. The van der Waals surface area contributed by atoms with Crippen LogP contribution in [0, 0.1) is 5.82 Å². The van der Waals surface area contributed by atoms with E-state index in [1.807, 2.05) is 12.1 Å². The summed E-state index contributed by atoms with van der Waals surface area (Å²) in [6.45, 7) is 6.44. The lowest BCUT2D eigenvalue weighted by Crippen LogP contribution is -2.50. The molecular formula is C14H20BrFN2. The smallest absolute Gasteiger partial charge is 0.137 e. The zero-order valence-electron chi connectivity index (χ0n) is 11.0. The van der Waals surface area contributed by atoms with Crippen LogP contribution in [0.25, 0.3) is 0 Å². The highest BCUT2D eigenvalue weighted by molar-refractivity contribution is 9.10. The van der Waals surface area contributed by atoms with Crippen LogP contribution < -0.4 is 0 Å². The van der Waals surface area contributed by atoms with E-state index in [0.29, 0.717) is 10.5 Å². The van der Waals surface area contributed by atoms with Crippen molar-refractivity contribution >= 4 is 15.9 Å². The lowest BCUT2D eigenvalue weighted by atomic mass is 10.1. The van der Waals surface area contributed by atoms with Crippen molar-refractivity contribution in [2.24, 2.45) is 0 Å². The molecule has 0 amide bonds. The van der Waals surface area contributed by atoms with Crippen LogP contribution in [-0.2, 0) is 6.54 Å². The van der Waals surface area contributed by atoms with Crippen LogP contribution in [0.2, 0.25) is 0 Å². The molecule has 1 unspecified atom stereocenters. The fourth-order valence-electron chi connectivity index (χ4n) is 2.49. The van der Waals surface area contributed by atoms with Crippen LogP contribution in [0.3, 0.4) is 0 Å². The zero-order chi connectivity index (χ0) is 13.1. The second kappa shape index (κ2) is 6.13. The van der Waals surface area contributed by atoms with E-state index in [-0.39, 0.29) is 5.82 Å². The Kier molecular flexibility index (Phi) is 4.76. The minimum absolute atomic E-state index is 0.191. The molecule has 1 atom stereocenters. The van der Waals surface area contributed by atoms with Crippen molar-refractivity contribution in [3.05, 3.63) is 34.1 Å². The average molecular weight is 315 g/mol. The molecule has 0 saturated carbocycles. The largest absolute Gasteiger partial charge is 0.301 e. The van der Waals surface area contributed by atoms with Gasteiger partial charge in [-0.1, -0.05) is 13.0 Å². The molecule has 1 aromatic rings. The Hall–Kier alpha value is -0.450. The number of likely N-dealkylation sites (N-methyl/N-ethyl adjacent to an activating group) is 1. The standard InChI is InChI=1S/C14H20BrFN2/c1-3-12-10-18(7-6-17(12)2)9-11-4-5-14(16)13(15)8-11/h4-5,8,12H,3,6-7,9-10H2,1-2H3. The summed E-state index contributed by atoms with van der Waals surface area (Å²) in [5.41, 5.74) is 1.17. The topological polar surface area (TPSA) is 6.48 Å². The van der Waals surface area contributed by atoms with Crippen LogP contribution >= 0.6 is 15.9 Å². The molecule has 100 valence electrons. The Bertz CT molecular complexity index is 411. The molecule has 1 saturated heterocycles. The number of rotatable bonds is 3. The van der Waals surface area contributed by atoms with E-state index in [0.717, 1.165) is 26.2 Å². The second-order valence-corrected chi connectivity index (χ2v) is 5.88. The average Bonchev–Trinajstić information content (AvgIpc) is 2.36. The number of piperazine rings is 1. The summed E-state index contributed by atoms with van der Waals surface area (Å²) in [7, 11) is 2.19. The van der Waals surface area contributed by atoms with Crippen LogP contribution in [0.15, 0.2) is 22.7 Å². The van der Waals surface area contributed by atoms with Gasteiger partial charge in [-0.2, -0.15) is 0 Å². The minimum atomic E-state index is -0.191. The maximum atomic E-state index is 13.2. The Morgan fingerprint density at radius 1 is 1.39 bits per heavy atom. The highest BCUT2D eigenvalue weighted by Crippen LogP contribution is 2.19. The van der Waals surface area contributed by atoms with Gasteiger partial charge in [-0.3, -0.25) is 4.90 Å². The van der Waals surface area contributed by atoms with Crippen molar-refractivity contribution in [2.75, 3.05) is 26.7 Å². The first kappa shape index (κ1) is 14.0. The van der Waals surface area contributed by atoms with Gasteiger partial charge >= 0.3 is 0 Å². The first-order chi connectivity index (χ1) is 8.60. The Balaban J connectivity index is 1.99. The summed E-state index contributed by atoms with van der Waals surface area (Å²) < 4.78 is 13.7. The summed E-state index contributed by atoms with van der Waals surface area (Å²) in [5.74, 6) is -0.191. The van der Waals surface area contributed by atoms with E-state index < -0.39 is 0 Å². The van der Waals surface area contributed by atoms with E-state index in [1.165, 1.54) is 18.1 Å². The fourth-order valence-corrected chi connectivity index (χ4v) is 2.92. The lowest BCUT2D eigenvalue weighted by Gasteiger charge is -2.39. The lowest BCUT2D eigenvalue weighted by molar-refractivity contribution is 0.0883. The third kappa shape index (κ3) is 3.31. The van der Waals surface area contributed by atoms with E-state index in [4.69, 9.17) is 0 Å². The molecule has 0 aliphatic carbocycles. The third-order valence-corrected chi connectivity index (χ3v) is 4.33. The highest BCUT2D eigenvalue weighted by atomic mass is 79.9. The Labute approximate surface area is 117 Å². The van der Waals surface area contributed by atoms with E-state index in [2.05, 4.69) is 39.7 Å². The second-order valence-electron chi connectivity index (χ2n) is 5.03. The van der Waals surface area contributed by atoms with Crippen LogP contribution in [0.5, 0.6) is 0 Å². The summed E-state index contributed by atoms with van der Waals surface area (Å²) in [6.07, 6.45) is 1.18. The van der Waals surface area contributed by atoms with E-state index in [9.17, 15) is 4.39 Å². The van der Waals surface area contributed by atoms with Gasteiger partial charge < -0.3 is 4.90 Å². The van der Waals surface area contributed by atoms with Crippen molar-refractivity contribution in [1.29, 1.82) is 0 Å². The number of benzene rings is 1. The quantitative estimate of drug-likeness (QED) is 0.846. The SMILES string of the molecule is CCC1CN(Cc2ccc(F)c(Br)c2)CCN1C. The normalized spacial score (nSPS) is 22.3. The molecule has 0 bridgehead atoms. The number of hydrogen-bond acceptors (Lipinski definition) is 2. The van der Waals surface area contributed by atoms with Crippen molar-refractivity contribution in [3.8, 4) is 0 Å². The third-order valence-electron chi connectivity index (χ3n) is 3.72. The molecule has 4 heteroatoms. The van der Waals surface area contributed by atoms with Gasteiger partial charge in [-0.05, 0) is 47.1 Å². The van der Waals surface area contributed by atoms with Crippen molar-refractivity contribution in [1.82, 2.24) is 9.80 Å². The molecule has 0 aromatic heterocycles. The molecule has 0 spiro atoms. The molecule has 18 heavy (non-hydrogen) atoms. The molecule has 1 heterocycles. The van der Waals surface area contributed by atoms with Gasteiger partial charge in [0.05, 0.1) is 4.47 Å².